The molecule has 1 saturated heterocycles. The molecule has 0 spiro atoms. The Hall–Kier alpha value is -1.25. The van der Waals surface area contributed by atoms with Crippen molar-refractivity contribution in [3.63, 3.8) is 0 Å². The minimum atomic E-state index is -4.20. The van der Waals surface area contributed by atoms with Crippen LogP contribution in [0.4, 0.5) is 14.5 Å². The SMILES string of the molecule is COC1CCN(S(=O)(=O)c2c(F)cc(N)cc2F)CC1. The lowest BCUT2D eigenvalue weighted by Crippen LogP contribution is -2.41. The summed E-state index contributed by atoms with van der Waals surface area (Å²) in [5.74, 6) is -2.34. The molecule has 0 saturated carbocycles. The number of benzene rings is 1. The lowest BCUT2D eigenvalue weighted by atomic mass is 10.1. The summed E-state index contributed by atoms with van der Waals surface area (Å²) in [6.07, 6.45) is 0.963. The minimum Gasteiger partial charge on any atom is -0.399 e. The molecule has 0 atom stereocenters. The Labute approximate surface area is 116 Å². The summed E-state index contributed by atoms with van der Waals surface area (Å²) in [5, 5.41) is 0. The normalized spacial score (nSPS) is 18.4. The minimum absolute atomic E-state index is 0.0254. The zero-order valence-corrected chi connectivity index (χ0v) is 11.8. The van der Waals surface area contributed by atoms with Crippen molar-refractivity contribution in [2.75, 3.05) is 25.9 Å². The number of piperidine rings is 1. The van der Waals surface area contributed by atoms with Gasteiger partial charge in [-0.1, -0.05) is 0 Å². The van der Waals surface area contributed by atoms with E-state index < -0.39 is 26.6 Å². The highest BCUT2D eigenvalue weighted by Gasteiger charge is 2.33. The van der Waals surface area contributed by atoms with E-state index in [0.29, 0.717) is 12.8 Å². The summed E-state index contributed by atoms with van der Waals surface area (Å²) in [4.78, 5) is -0.942. The van der Waals surface area contributed by atoms with Crippen LogP contribution in [0.1, 0.15) is 12.8 Å². The van der Waals surface area contributed by atoms with Gasteiger partial charge in [0.2, 0.25) is 10.0 Å². The van der Waals surface area contributed by atoms with Crippen molar-refractivity contribution in [1.29, 1.82) is 0 Å². The largest absolute Gasteiger partial charge is 0.399 e. The lowest BCUT2D eigenvalue weighted by Gasteiger charge is -2.30. The van der Waals surface area contributed by atoms with Crippen LogP contribution >= 0.6 is 0 Å². The number of hydrogen-bond donors (Lipinski definition) is 1. The van der Waals surface area contributed by atoms with Crippen molar-refractivity contribution >= 4 is 15.7 Å². The van der Waals surface area contributed by atoms with Crippen LogP contribution in [0.5, 0.6) is 0 Å². The average Bonchev–Trinajstić information content (AvgIpc) is 2.37. The van der Waals surface area contributed by atoms with Crippen LogP contribution in [0.3, 0.4) is 0 Å². The van der Waals surface area contributed by atoms with Crippen LogP contribution in [0.2, 0.25) is 0 Å². The van der Waals surface area contributed by atoms with Crippen LogP contribution < -0.4 is 5.73 Å². The predicted octanol–water partition coefficient (Wildman–Crippen LogP) is 1.35. The van der Waals surface area contributed by atoms with Crippen LogP contribution in [0.25, 0.3) is 0 Å². The quantitative estimate of drug-likeness (QED) is 0.856. The number of methoxy groups -OCH3 is 1. The standard InChI is InChI=1S/C12H16F2N2O3S/c1-19-9-2-4-16(5-3-9)20(17,18)12-10(13)6-8(15)7-11(12)14/h6-7,9H,2-5,15H2,1H3. The number of nitrogens with two attached hydrogens (primary N) is 1. The lowest BCUT2D eigenvalue weighted by molar-refractivity contribution is 0.0603. The third kappa shape index (κ3) is 2.77. The summed E-state index contributed by atoms with van der Waals surface area (Å²) in [6.45, 7) is 0.341. The first-order valence-corrected chi connectivity index (χ1v) is 7.57. The smallest absolute Gasteiger partial charge is 0.248 e. The Balaban J connectivity index is 2.32. The van der Waals surface area contributed by atoms with Gasteiger partial charge in [0, 0.05) is 25.9 Å². The highest BCUT2D eigenvalue weighted by Crippen LogP contribution is 2.27. The van der Waals surface area contributed by atoms with Gasteiger partial charge in [0.15, 0.2) is 4.90 Å². The predicted molar refractivity (Wildman–Crippen MR) is 69.6 cm³/mol. The number of halogens is 2. The van der Waals surface area contributed by atoms with Crippen LogP contribution in [0.15, 0.2) is 17.0 Å². The van der Waals surface area contributed by atoms with Crippen LogP contribution in [0, 0.1) is 11.6 Å². The Bertz CT molecular complexity index is 576. The number of hydrogen-bond acceptors (Lipinski definition) is 4. The maximum Gasteiger partial charge on any atom is 0.248 e. The summed E-state index contributed by atoms with van der Waals surface area (Å²) in [6, 6.07) is 1.61. The van der Waals surface area contributed by atoms with Gasteiger partial charge >= 0.3 is 0 Å². The molecule has 8 heteroatoms. The third-order valence-electron chi connectivity index (χ3n) is 3.35. The topological polar surface area (TPSA) is 72.6 Å². The number of nitrogen functional groups attached to an aromatic ring is 1. The maximum absolute atomic E-state index is 13.8. The van der Waals surface area contributed by atoms with E-state index in [-0.39, 0.29) is 24.9 Å². The van der Waals surface area contributed by atoms with Crippen LogP contribution in [-0.2, 0) is 14.8 Å². The molecular weight excluding hydrogens is 290 g/mol. The fourth-order valence-corrected chi connectivity index (χ4v) is 3.82. The number of rotatable bonds is 3. The molecule has 1 aliphatic heterocycles. The van der Waals surface area contributed by atoms with E-state index in [1.54, 1.807) is 7.11 Å². The van der Waals surface area contributed by atoms with E-state index in [9.17, 15) is 17.2 Å². The van der Waals surface area contributed by atoms with Crippen molar-refractivity contribution < 1.29 is 21.9 Å². The fourth-order valence-electron chi connectivity index (χ4n) is 2.26. The second kappa shape index (κ2) is 5.63. The summed E-state index contributed by atoms with van der Waals surface area (Å²) in [7, 11) is -2.65. The number of ether oxygens (including phenoxy) is 1. The van der Waals surface area contributed by atoms with Gasteiger partial charge in [0.05, 0.1) is 6.10 Å². The van der Waals surface area contributed by atoms with E-state index >= 15 is 0 Å². The van der Waals surface area contributed by atoms with Gasteiger partial charge in [-0.2, -0.15) is 4.31 Å². The first kappa shape index (κ1) is 15.1. The average molecular weight is 306 g/mol. The fraction of sp³-hybridized carbons (Fsp3) is 0.500. The number of anilines is 1. The Kier molecular flexibility index (Phi) is 4.26. The molecule has 2 rings (SSSR count). The number of sulfonamides is 1. The number of nitrogens with zero attached hydrogens (tertiary/aromatic N) is 1. The second-order valence-corrected chi connectivity index (χ2v) is 6.53. The molecule has 5 nitrogen and oxygen atoms in total. The van der Waals surface area contributed by atoms with Gasteiger partial charge in [-0.25, -0.2) is 17.2 Å². The highest BCUT2D eigenvalue weighted by atomic mass is 32.2. The molecule has 0 amide bonds. The second-order valence-electron chi connectivity index (χ2n) is 4.65. The van der Waals surface area contributed by atoms with Gasteiger partial charge in [0.25, 0.3) is 0 Å². The highest BCUT2D eigenvalue weighted by molar-refractivity contribution is 7.89. The molecule has 112 valence electrons. The molecule has 1 aromatic carbocycles. The van der Waals surface area contributed by atoms with Crippen molar-refractivity contribution in [2.24, 2.45) is 0 Å². The van der Waals surface area contributed by atoms with Gasteiger partial charge in [-0.3, -0.25) is 0 Å². The van der Waals surface area contributed by atoms with Gasteiger partial charge < -0.3 is 10.5 Å². The Morgan fingerprint density at radius 3 is 2.20 bits per heavy atom. The van der Waals surface area contributed by atoms with E-state index in [1.165, 1.54) is 0 Å². The molecule has 0 unspecified atom stereocenters. The molecule has 1 fully saturated rings. The van der Waals surface area contributed by atoms with Gasteiger partial charge in [-0.05, 0) is 25.0 Å². The van der Waals surface area contributed by atoms with E-state index in [0.717, 1.165) is 16.4 Å². The molecule has 1 aliphatic rings. The molecule has 0 radical (unpaired) electrons. The summed E-state index contributed by atoms with van der Waals surface area (Å²) >= 11 is 0. The molecule has 0 aliphatic carbocycles. The van der Waals surface area contributed by atoms with Crippen molar-refractivity contribution in [3.05, 3.63) is 23.8 Å². The Morgan fingerprint density at radius 2 is 1.75 bits per heavy atom. The van der Waals surface area contributed by atoms with Gasteiger partial charge in [-0.15, -0.1) is 0 Å². The molecule has 20 heavy (non-hydrogen) atoms. The molecule has 0 aromatic heterocycles. The molecule has 1 aromatic rings. The molecule has 0 bridgehead atoms. The first-order valence-electron chi connectivity index (χ1n) is 6.13. The van der Waals surface area contributed by atoms with Crippen molar-refractivity contribution in [1.82, 2.24) is 4.31 Å². The molecule has 1 heterocycles. The summed E-state index contributed by atoms with van der Waals surface area (Å²) < 4.78 is 58.3. The Morgan fingerprint density at radius 1 is 1.25 bits per heavy atom. The maximum atomic E-state index is 13.8. The zero-order chi connectivity index (χ0) is 14.9. The third-order valence-corrected chi connectivity index (χ3v) is 5.30. The van der Waals surface area contributed by atoms with E-state index in [2.05, 4.69) is 0 Å². The van der Waals surface area contributed by atoms with Crippen molar-refractivity contribution in [3.8, 4) is 0 Å². The monoisotopic (exact) mass is 306 g/mol. The first-order chi connectivity index (χ1) is 9.36. The summed E-state index contributed by atoms with van der Waals surface area (Å²) in [5.41, 5.74) is 5.13. The van der Waals surface area contributed by atoms with E-state index in [1.807, 2.05) is 0 Å². The molecular formula is C12H16F2N2O3S. The molecule has 2 N–H and O–H groups in total. The van der Waals surface area contributed by atoms with Crippen molar-refractivity contribution in [2.45, 2.75) is 23.8 Å². The van der Waals surface area contributed by atoms with Gasteiger partial charge in [0.1, 0.15) is 11.6 Å². The zero-order valence-electron chi connectivity index (χ0n) is 11.0. The van der Waals surface area contributed by atoms with Crippen LogP contribution in [-0.4, -0.2) is 39.0 Å². The van der Waals surface area contributed by atoms with E-state index in [4.69, 9.17) is 10.5 Å².